The van der Waals surface area contributed by atoms with Gasteiger partial charge >= 0.3 is 0 Å². The Labute approximate surface area is 161 Å². The summed E-state index contributed by atoms with van der Waals surface area (Å²) in [6.07, 6.45) is 2.99. The fourth-order valence-electron chi connectivity index (χ4n) is 3.10. The van der Waals surface area contributed by atoms with E-state index < -0.39 is 0 Å². The molecule has 0 aliphatic carbocycles. The molecule has 0 bridgehead atoms. The summed E-state index contributed by atoms with van der Waals surface area (Å²) in [6.45, 7) is 3.03. The number of thioether (sulfide) groups is 1. The van der Waals surface area contributed by atoms with E-state index >= 15 is 0 Å². The Hall–Kier alpha value is -2.93. The highest BCUT2D eigenvalue weighted by atomic mass is 32.2. The molecule has 4 aromatic rings. The third-order valence-corrected chi connectivity index (χ3v) is 5.25. The van der Waals surface area contributed by atoms with Crippen LogP contribution in [0.1, 0.15) is 23.7 Å². The van der Waals surface area contributed by atoms with Gasteiger partial charge in [-0.1, -0.05) is 55.1 Å². The van der Waals surface area contributed by atoms with E-state index in [1.807, 2.05) is 54.7 Å². The standard InChI is InChI=1S/C20H19N5OS/c1-2-12-24-13-17(16-10-6-7-11-18(16)24)19(26)14-27-20-21-22-23-25(20)15-8-4-3-5-9-15/h3-11,13H,2,12,14H2,1H3. The van der Waals surface area contributed by atoms with Crippen molar-refractivity contribution in [1.82, 2.24) is 24.8 Å². The highest BCUT2D eigenvalue weighted by Gasteiger charge is 2.17. The summed E-state index contributed by atoms with van der Waals surface area (Å²) in [7, 11) is 0. The van der Waals surface area contributed by atoms with Crippen molar-refractivity contribution in [2.75, 3.05) is 5.75 Å². The summed E-state index contributed by atoms with van der Waals surface area (Å²) in [6, 6.07) is 17.7. The smallest absolute Gasteiger partial charge is 0.214 e. The lowest BCUT2D eigenvalue weighted by Crippen LogP contribution is -2.04. The first-order valence-electron chi connectivity index (χ1n) is 8.85. The van der Waals surface area contributed by atoms with Gasteiger partial charge in [-0.2, -0.15) is 4.68 Å². The molecule has 0 fully saturated rings. The third-order valence-electron chi connectivity index (χ3n) is 4.33. The lowest BCUT2D eigenvalue weighted by molar-refractivity contribution is 0.102. The number of benzene rings is 2. The summed E-state index contributed by atoms with van der Waals surface area (Å²) in [5, 5.41) is 13.5. The average molecular weight is 377 g/mol. The van der Waals surface area contributed by atoms with E-state index in [1.54, 1.807) is 4.68 Å². The molecule has 0 aliphatic rings. The lowest BCUT2D eigenvalue weighted by Gasteiger charge is -2.03. The fraction of sp³-hybridized carbons (Fsp3) is 0.200. The quantitative estimate of drug-likeness (QED) is 0.360. The number of para-hydroxylation sites is 2. The number of rotatable bonds is 7. The molecule has 0 aliphatic heterocycles. The van der Waals surface area contributed by atoms with Crippen LogP contribution in [0.15, 0.2) is 66.0 Å². The Balaban J connectivity index is 1.56. The molecule has 0 radical (unpaired) electrons. The van der Waals surface area contributed by atoms with Gasteiger partial charge in [-0.15, -0.1) is 5.10 Å². The van der Waals surface area contributed by atoms with Gasteiger partial charge in [0.15, 0.2) is 5.78 Å². The number of tetrazole rings is 1. The van der Waals surface area contributed by atoms with Crippen LogP contribution in [-0.2, 0) is 6.54 Å². The van der Waals surface area contributed by atoms with Gasteiger partial charge in [0.1, 0.15) is 0 Å². The van der Waals surface area contributed by atoms with Crippen molar-refractivity contribution in [2.24, 2.45) is 0 Å². The highest BCUT2D eigenvalue weighted by molar-refractivity contribution is 7.99. The number of carbonyl (C=O) groups is 1. The molecule has 0 N–H and O–H groups in total. The number of hydrogen-bond donors (Lipinski definition) is 0. The number of aryl methyl sites for hydroxylation is 1. The molecule has 7 heteroatoms. The number of Topliss-reactive ketones (excluding diaryl/α,β-unsaturated/α-hetero) is 1. The van der Waals surface area contributed by atoms with Crippen molar-refractivity contribution in [3.8, 4) is 5.69 Å². The molecule has 0 unspecified atom stereocenters. The summed E-state index contributed by atoms with van der Waals surface area (Å²) >= 11 is 1.35. The first kappa shape index (κ1) is 17.5. The fourth-order valence-corrected chi connectivity index (χ4v) is 3.88. The van der Waals surface area contributed by atoms with Crippen molar-refractivity contribution in [2.45, 2.75) is 25.0 Å². The van der Waals surface area contributed by atoms with Gasteiger partial charge in [-0.05, 0) is 35.0 Å². The zero-order valence-corrected chi connectivity index (χ0v) is 15.8. The first-order chi connectivity index (χ1) is 13.3. The van der Waals surface area contributed by atoms with Crippen molar-refractivity contribution in [1.29, 1.82) is 0 Å². The number of hydrogen-bond acceptors (Lipinski definition) is 5. The van der Waals surface area contributed by atoms with E-state index in [0.717, 1.165) is 35.1 Å². The number of nitrogens with zero attached hydrogens (tertiary/aromatic N) is 5. The minimum absolute atomic E-state index is 0.0775. The minimum atomic E-state index is 0.0775. The predicted molar refractivity (Wildman–Crippen MR) is 106 cm³/mol. The first-order valence-corrected chi connectivity index (χ1v) is 9.84. The van der Waals surface area contributed by atoms with Gasteiger partial charge in [0.2, 0.25) is 5.16 Å². The molecule has 0 amide bonds. The van der Waals surface area contributed by atoms with Crippen molar-refractivity contribution >= 4 is 28.4 Å². The number of carbonyl (C=O) groups excluding carboxylic acids is 1. The molecule has 6 nitrogen and oxygen atoms in total. The zero-order chi connectivity index (χ0) is 18.6. The Kier molecular flexibility index (Phi) is 5.02. The third kappa shape index (κ3) is 3.50. The molecule has 0 saturated heterocycles. The predicted octanol–water partition coefficient (Wildman–Crippen LogP) is 4.00. The monoisotopic (exact) mass is 377 g/mol. The molecule has 2 heterocycles. The van der Waals surface area contributed by atoms with Crippen molar-refractivity contribution in [3.05, 3.63) is 66.4 Å². The molecule has 0 spiro atoms. The summed E-state index contributed by atoms with van der Waals surface area (Å²) in [5.74, 6) is 0.363. The van der Waals surface area contributed by atoms with Crippen LogP contribution in [0.3, 0.4) is 0 Å². The van der Waals surface area contributed by atoms with Crippen LogP contribution in [-0.4, -0.2) is 36.3 Å². The Morgan fingerprint density at radius 3 is 2.67 bits per heavy atom. The number of fused-ring (bicyclic) bond motifs is 1. The topological polar surface area (TPSA) is 65.6 Å². The number of ketones is 1. The summed E-state index contributed by atoms with van der Waals surface area (Å²) < 4.78 is 3.81. The van der Waals surface area contributed by atoms with Crippen LogP contribution >= 0.6 is 11.8 Å². The minimum Gasteiger partial charge on any atom is -0.347 e. The van der Waals surface area contributed by atoms with Crippen LogP contribution in [0.5, 0.6) is 0 Å². The van der Waals surface area contributed by atoms with Gasteiger partial charge in [0, 0.05) is 29.2 Å². The Morgan fingerprint density at radius 1 is 1.07 bits per heavy atom. The largest absolute Gasteiger partial charge is 0.347 e. The number of aromatic nitrogens is 5. The van der Waals surface area contributed by atoms with Gasteiger partial charge in [-0.3, -0.25) is 4.79 Å². The summed E-state index contributed by atoms with van der Waals surface area (Å²) in [4.78, 5) is 12.9. The molecule has 27 heavy (non-hydrogen) atoms. The molecule has 4 rings (SSSR count). The van der Waals surface area contributed by atoms with Gasteiger partial charge in [0.05, 0.1) is 11.4 Å². The highest BCUT2D eigenvalue weighted by Crippen LogP contribution is 2.25. The molecule has 136 valence electrons. The van der Waals surface area contributed by atoms with E-state index in [9.17, 15) is 4.79 Å². The zero-order valence-electron chi connectivity index (χ0n) is 14.9. The van der Waals surface area contributed by atoms with E-state index in [-0.39, 0.29) is 11.5 Å². The van der Waals surface area contributed by atoms with E-state index in [2.05, 4.69) is 33.1 Å². The molecule has 0 atom stereocenters. The van der Waals surface area contributed by atoms with Crippen LogP contribution in [0.4, 0.5) is 0 Å². The summed E-state index contributed by atoms with van der Waals surface area (Å²) in [5.41, 5.74) is 2.73. The van der Waals surface area contributed by atoms with Gasteiger partial charge < -0.3 is 4.57 Å². The van der Waals surface area contributed by atoms with E-state index in [1.165, 1.54) is 11.8 Å². The van der Waals surface area contributed by atoms with Crippen molar-refractivity contribution < 1.29 is 4.79 Å². The molecule has 2 aromatic heterocycles. The van der Waals surface area contributed by atoms with E-state index in [4.69, 9.17) is 0 Å². The van der Waals surface area contributed by atoms with Crippen molar-refractivity contribution in [3.63, 3.8) is 0 Å². The van der Waals surface area contributed by atoms with Crippen LogP contribution < -0.4 is 0 Å². The Bertz CT molecular complexity index is 1070. The Morgan fingerprint density at radius 2 is 1.85 bits per heavy atom. The molecule has 2 aromatic carbocycles. The maximum absolute atomic E-state index is 12.9. The van der Waals surface area contributed by atoms with Gasteiger partial charge in [0.25, 0.3) is 0 Å². The second-order valence-electron chi connectivity index (χ2n) is 6.17. The maximum atomic E-state index is 12.9. The molecule has 0 saturated carbocycles. The van der Waals surface area contributed by atoms with Crippen LogP contribution in [0.2, 0.25) is 0 Å². The molecular weight excluding hydrogens is 358 g/mol. The average Bonchev–Trinajstić information content (AvgIpc) is 3.32. The van der Waals surface area contributed by atoms with Gasteiger partial charge in [-0.25, -0.2) is 0 Å². The second-order valence-corrected chi connectivity index (χ2v) is 7.12. The maximum Gasteiger partial charge on any atom is 0.214 e. The normalized spacial score (nSPS) is 11.1. The lowest BCUT2D eigenvalue weighted by atomic mass is 10.1. The SMILES string of the molecule is CCCn1cc(C(=O)CSc2nnnn2-c2ccccc2)c2ccccc21. The van der Waals surface area contributed by atoms with E-state index in [0.29, 0.717) is 5.16 Å². The molecular formula is C20H19N5OS. The van der Waals surface area contributed by atoms with Crippen LogP contribution in [0.25, 0.3) is 16.6 Å². The van der Waals surface area contributed by atoms with Crippen LogP contribution in [0, 0.1) is 0 Å². The second kappa shape index (κ2) is 7.75.